The van der Waals surface area contributed by atoms with E-state index in [2.05, 4.69) is 17.1 Å². The Morgan fingerprint density at radius 1 is 1.56 bits per heavy atom. The van der Waals surface area contributed by atoms with Crippen LogP contribution in [0.5, 0.6) is 0 Å². The maximum atomic E-state index is 9.82. The molecular formula is C12H26N2O2. The highest BCUT2D eigenvalue weighted by Crippen LogP contribution is 2.18. The zero-order chi connectivity index (χ0) is 11.8. The highest BCUT2D eigenvalue weighted by Gasteiger charge is 2.22. The highest BCUT2D eigenvalue weighted by atomic mass is 16.5. The topological polar surface area (TPSA) is 44.7 Å². The molecule has 0 aromatic heterocycles. The predicted molar refractivity (Wildman–Crippen MR) is 65.6 cm³/mol. The Morgan fingerprint density at radius 2 is 2.38 bits per heavy atom. The molecule has 1 fully saturated rings. The first kappa shape index (κ1) is 13.9. The Morgan fingerprint density at radius 3 is 3.00 bits per heavy atom. The fourth-order valence-electron chi connectivity index (χ4n) is 2.22. The molecule has 0 saturated carbocycles. The lowest BCUT2D eigenvalue weighted by Gasteiger charge is -2.20. The van der Waals surface area contributed by atoms with E-state index >= 15 is 0 Å². The van der Waals surface area contributed by atoms with Crippen LogP contribution >= 0.6 is 0 Å². The second-order valence-corrected chi connectivity index (χ2v) is 4.67. The Balaban J connectivity index is 2.03. The van der Waals surface area contributed by atoms with Gasteiger partial charge in [0, 0.05) is 33.3 Å². The number of aliphatic hydroxyl groups excluding tert-OH is 1. The molecule has 4 nitrogen and oxygen atoms in total. The third kappa shape index (κ3) is 5.25. The quantitative estimate of drug-likeness (QED) is 0.589. The van der Waals surface area contributed by atoms with Crippen molar-refractivity contribution in [2.45, 2.75) is 25.9 Å². The van der Waals surface area contributed by atoms with E-state index in [1.807, 2.05) is 0 Å². The fourth-order valence-corrected chi connectivity index (χ4v) is 2.22. The van der Waals surface area contributed by atoms with Gasteiger partial charge >= 0.3 is 0 Å². The van der Waals surface area contributed by atoms with Crippen LogP contribution in [0.4, 0.5) is 0 Å². The van der Waals surface area contributed by atoms with Gasteiger partial charge < -0.3 is 20.1 Å². The maximum absolute atomic E-state index is 9.82. The van der Waals surface area contributed by atoms with Crippen LogP contribution in [-0.2, 0) is 4.74 Å². The van der Waals surface area contributed by atoms with Gasteiger partial charge in [-0.1, -0.05) is 13.3 Å². The van der Waals surface area contributed by atoms with Crippen LogP contribution in [0.25, 0.3) is 0 Å². The summed E-state index contributed by atoms with van der Waals surface area (Å²) in [5, 5.41) is 13.0. The van der Waals surface area contributed by atoms with Crippen LogP contribution in [-0.4, -0.2) is 62.6 Å². The summed E-state index contributed by atoms with van der Waals surface area (Å²) in [6, 6.07) is 0. The molecule has 0 aromatic rings. The normalized spacial score (nSPS) is 23.8. The molecule has 2 N–H and O–H groups in total. The monoisotopic (exact) mass is 230 g/mol. The zero-order valence-electron chi connectivity index (χ0n) is 10.6. The van der Waals surface area contributed by atoms with E-state index in [0.29, 0.717) is 13.2 Å². The van der Waals surface area contributed by atoms with Crippen molar-refractivity contribution in [2.75, 3.05) is 46.4 Å². The molecule has 0 spiro atoms. The van der Waals surface area contributed by atoms with Crippen LogP contribution in [0.2, 0.25) is 0 Å². The number of rotatable bonds is 8. The molecule has 16 heavy (non-hydrogen) atoms. The van der Waals surface area contributed by atoms with Crippen molar-refractivity contribution in [3.8, 4) is 0 Å². The third-order valence-electron chi connectivity index (χ3n) is 3.28. The van der Waals surface area contributed by atoms with Crippen molar-refractivity contribution in [3.05, 3.63) is 0 Å². The van der Waals surface area contributed by atoms with Gasteiger partial charge in [0.2, 0.25) is 0 Å². The summed E-state index contributed by atoms with van der Waals surface area (Å²) in [6.07, 6.45) is 2.30. The molecule has 0 aliphatic carbocycles. The van der Waals surface area contributed by atoms with E-state index in [9.17, 15) is 5.11 Å². The van der Waals surface area contributed by atoms with Gasteiger partial charge in [0.05, 0.1) is 12.7 Å². The van der Waals surface area contributed by atoms with E-state index in [-0.39, 0.29) is 6.10 Å². The van der Waals surface area contributed by atoms with E-state index in [4.69, 9.17) is 4.74 Å². The predicted octanol–water partition coefficient (Wildman–Crippen LogP) is 0.315. The number of hydrogen-bond donors (Lipinski definition) is 2. The van der Waals surface area contributed by atoms with Gasteiger partial charge in [-0.15, -0.1) is 0 Å². The lowest BCUT2D eigenvalue weighted by Crippen LogP contribution is -2.38. The maximum Gasteiger partial charge on any atom is 0.0791 e. The van der Waals surface area contributed by atoms with Crippen molar-refractivity contribution in [1.82, 2.24) is 10.2 Å². The van der Waals surface area contributed by atoms with Crippen LogP contribution in [0.1, 0.15) is 19.8 Å². The summed E-state index contributed by atoms with van der Waals surface area (Å²) >= 11 is 0. The van der Waals surface area contributed by atoms with Crippen molar-refractivity contribution in [3.63, 3.8) is 0 Å². The van der Waals surface area contributed by atoms with Crippen LogP contribution in [0.15, 0.2) is 0 Å². The van der Waals surface area contributed by atoms with Crippen LogP contribution in [0.3, 0.4) is 0 Å². The van der Waals surface area contributed by atoms with Crippen LogP contribution < -0.4 is 5.32 Å². The van der Waals surface area contributed by atoms with Crippen molar-refractivity contribution in [2.24, 2.45) is 5.92 Å². The molecule has 2 unspecified atom stereocenters. The number of likely N-dealkylation sites (tertiary alicyclic amines) is 1. The summed E-state index contributed by atoms with van der Waals surface area (Å²) in [5.74, 6) is 0.841. The van der Waals surface area contributed by atoms with Gasteiger partial charge in [-0.3, -0.25) is 0 Å². The molecule has 4 heteroatoms. The molecule has 1 aliphatic heterocycles. The molecule has 2 atom stereocenters. The van der Waals surface area contributed by atoms with Gasteiger partial charge in [0.1, 0.15) is 0 Å². The Kier molecular flexibility index (Phi) is 6.96. The minimum atomic E-state index is -0.257. The molecule has 0 aromatic carbocycles. The largest absolute Gasteiger partial charge is 0.390 e. The molecule has 96 valence electrons. The highest BCUT2D eigenvalue weighted by molar-refractivity contribution is 4.77. The Labute approximate surface area is 99.0 Å². The van der Waals surface area contributed by atoms with Crippen molar-refractivity contribution in [1.29, 1.82) is 0 Å². The first-order chi connectivity index (χ1) is 7.76. The summed E-state index contributed by atoms with van der Waals surface area (Å²) in [5.41, 5.74) is 0. The SMILES string of the molecule is CCC1CCN(CC(O)CNCCOC)C1. The molecule has 1 heterocycles. The van der Waals surface area contributed by atoms with Crippen LogP contribution in [0, 0.1) is 5.92 Å². The van der Waals surface area contributed by atoms with Gasteiger partial charge in [-0.25, -0.2) is 0 Å². The number of hydrogen-bond acceptors (Lipinski definition) is 4. The van der Waals surface area contributed by atoms with E-state index < -0.39 is 0 Å². The average molecular weight is 230 g/mol. The second kappa shape index (κ2) is 8.01. The molecule has 0 radical (unpaired) electrons. The van der Waals surface area contributed by atoms with E-state index in [1.165, 1.54) is 12.8 Å². The Bertz CT molecular complexity index is 178. The smallest absolute Gasteiger partial charge is 0.0791 e. The van der Waals surface area contributed by atoms with Gasteiger partial charge in [-0.2, -0.15) is 0 Å². The molecule has 0 amide bonds. The molecule has 0 bridgehead atoms. The standard InChI is InChI=1S/C12H26N2O2/c1-3-11-4-6-14(9-11)10-12(15)8-13-5-7-16-2/h11-13,15H,3-10H2,1-2H3. The summed E-state index contributed by atoms with van der Waals surface area (Å²) in [7, 11) is 1.69. The fraction of sp³-hybridized carbons (Fsp3) is 1.00. The summed E-state index contributed by atoms with van der Waals surface area (Å²) < 4.78 is 4.93. The third-order valence-corrected chi connectivity index (χ3v) is 3.28. The molecule has 1 saturated heterocycles. The summed E-state index contributed by atoms with van der Waals surface area (Å²) in [4.78, 5) is 2.37. The van der Waals surface area contributed by atoms with Gasteiger partial charge in [0.15, 0.2) is 0 Å². The number of ether oxygens (including phenoxy) is 1. The van der Waals surface area contributed by atoms with Gasteiger partial charge in [0.25, 0.3) is 0 Å². The first-order valence-corrected chi connectivity index (χ1v) is 6.36. The molecular weight excluding hydrogens is 204 g/mol. The van der Waals surface area contributed by atoms with Gasteiger partial charge in [-0.05, 0) is 18.9 Å². The van der Waals surface area contributed by atoms with Crippen molar-refractivity contribution >= 4 is 0 Å². The summed E-state index contributed by atoms with van der Waals surface area (Å²) in [6.45, 7) is 7.53. The average Bonchev–Trinajstić information content (AvgIpc) is 2.72. The van der Waals surface area contributed by atoms with E-state index in [1.54, 1.807) is 7.11 Å². The lowest BCUT2D eigenvalue weighted by atomic mass is 10.1. The number of nitrogens with zero attached hydrogens (tertiary/aromatic N) is 1. The number of aliphatic hydroxyl groups is 1. The number of methoxy groups -OCH3 is 1. The lowest BCUT2D eigenvalue weighted by molar-refractivity contribution is 0.118. The Hall–Kier alpha value is -0.160. The minimum Gasteiger partial charge on any atom is -0.390 e. The number of β-amino-alcohol motifs (C(OH)–C–C–N with tert-alkyl or cyclic N) is 1. The molecule has 1 rings (SSSR count). The number of nitrogens with one attached hydrogen (secondary N) is 1. The zero-order valence-corrected chi connectivity index (χ0v) is 10.6. The van der Waals surface area contributed by atoms with E-state index in [0.717, 1.165) is 32.1 Å². The second-order valence-electron chi connectivity index (χ2n) is 4.67. The first-order valence-electron chi connectivity index (χ1n) is 6.36. The van der Waals surface area contributed by atoms with Crippen molar-refractivity contribution < 1.29 is 9.84 Å². The molecule has 1 aliphatic rings. The minimum absolute atomic E-state index is 0.257.